The van der Waals surface area contributed by atoms with Gasteiger partial charge < -0.3 is 19.7 Å². The molecule has 2 aromatic rings. The third kappa shape index (κ3) is 3.86. The van der Waals surface area contributed by atoms with Crippen LogP contribution in [0.4, 0.5) is 10.8 Å². The van der Waals surface area contributed by atoms with Gasteiger partial charge in [0, 0.05) is 24.7 Å². The van der Waals surface area contributed by atoms with Gasteiger partial charge in [0.2, 0.25) is 16.9 Å². The lowest BCUT2D eigenvalue weighted by Gasteiger charge is -2.22. The fourth-order valence-electron chi connectivity index (χ4n) is 2.98. The Labute approximate surface area is 164 Å². The van der Waals surface area contributed by atoms with E-state index in [0.717, 1.165) is 10.1 Å². The number of carbonyl (C=O) groups is 2. The topological polar surface area (TPSA) is 93.7 Å². The number of carbonyl (C=O) groups excluding carboxylic acids is 2. The maximum Gasteiger partial charge on any atom is 0.231 e. The Morgan fingerprint density at radius 2 is 2.15 bits per heavy atom. The van der Waals surface area contributed by atoms with E-state index in [1.165, 1.54) is 11.3 Å². The summed E-state index contributed by atoms with van der Waals surface area (Å²) in [6.45, 7) is 3.34. The minimum Gasteiger partial charge on any atom is -0.486 e. The van der Waals surface area contributed by atoms with Gasteiger partial charge in [-0.15, -0.1) is 10.2 Å². The summed E-state index contributed by atoms with van der Waals surface area (Å²) in [5, 5.41) is 11.2. The normalized spacial score (nSPS) is 18.6. The molecule has 27 heavy (non-hydrogen) atoms. The number of fused-ring (bicyclic) bond motifs is 1. The number of rotatable bonds is 5. The van der Waals surface area contributed by atoms with Crippen LogP contribution in [0, 0.1) is 5.92 Å². The van der Waals surface area contributed by atoms with Gasteiger partial charge in [-0.2, -0.15) is 0 Å². The zero-order valence-electron chi connectivity index (χ0n) is 14.6. The highest BCUT2D eigenvalue weighted by Gasteiger charge is 2.36. The van der Waals surface area contributed by atoms with Gasteiger partial charge in [-0.3, -0.25) is 9.59 Å². The molecule has 10 heteroatoms. The van der Waals surface area contributed by atoms with E-state index in [9.17, 15) is 9.59 Å². The lowest BCUT2D eigenvalue weighted by molar-refractivity contribution is -0.122. The SMILES string of the molecule is CCSc1nnc(NC(=O)[C@@H]2CC(=O)N(c3ccc4c(c3)OCCO4)C2)s1. The Bertz CT molecular complexity index is 872. The molecule has 0 bridgehead atoms. The molecule has 0 radical (unpaired) electrons. The standard InChI is InChI=1S/C17H18N4O4S2/c1-2-26-17-20-19-16(27-17)18-15(23)10-7-14(22)21(9-10)11-3-4-12-13(8-11)25-6-5-24-12/h3-4,8,10H,2,5-7,9H2,1H3,(H,18,19,23)/t10-/m1/s1. The summed E-state index contributed by atoms with van der Waals surface area (Å²) in [5.74, 6) is 1.44. The molecule has 1 aromatic carbocycles. The van der Waals surface area contributed by atoms with Gasteiger partial charge in [-0.05, 0) is 17.9 Å². The first-order valence-electron chi connectivity index (χ1n) is 8.61. The molecule has 1 atom stereocenters. The zero-order chi connectivity index (χ0) is 18.8. The number of thioether (sulfide) groups is 1. The van der Waals surface area contributed by atoms with Crippen LogP contribution in [0.2, 0.25) is 0 Å². The molecule has 142 valence electrons. The number of benzene rings is 1. The molecule has 3 heterocycles. The quantitative estimate of drug-likeness (QED) is 0.602. The van der Waals surface area contributed by atoms with Crippen LogP contribution in [0.3, 0.4) is 0 Å². The highest BCUT2D eigenvalue weighted by atomic mass is 32.2. The van der Waals surface area contributed by atoms with Crippen molar-refractivity contribution in [2.45, 2.75) is 17.7 Å². The van der Waals surface area contributed by atoms with Crippen LogP contribution in [-0.4, -0.2) is 47.5 Å². The second-order valence-electron chi connectivity index (χ2n) is 6.03. The number of ether oxygens (including phenoxy) is 2. The summed E-state index contributed by atoms with van der Waals surface area (Å²) >= 11 is 2.91. The molecular formula is C17H18N4O4S2. The van der Waals surface area contributed by atoms with Crippen LogP contribution in [0.1, 0.15) is 13.3 Å². The molecule has 1 saturated heterocycles. The van der Waals surface area contributed by atoms with Crippen LogP contribution in [0.15, 0.2) is 22.5 Å². The molecule has 1 N–H and O–H groups in total. The fourth-order valence-corrected chi connectivity index (χ4v) is 4.63. The molecular weight excluding hydrogens is 388 g/mol. The number of amides is 2. The third-order valence-corrected chi connectivity index (χ3v) is 6.09. The average molecular weight is 406 g/mol. The van der Waals surface area contributed by atoms with Crippen molar-refractivity contribution in [2.24, 2.45) is 5.92 Å². The van der Waals surface area contributed by atoms with Gasteiger partial charge in [-0.25, -0.2) is 0 Å². The zero-order valence-corrected chi connectivity index (χ0v) is 16.3. The van der Waals surface area contributed by atoms with Gasteiger partial charge in [0.1, 0.15) is 13.2 Å². The molecule has 1 fully saturated rings. The Hall–Kier alpha value is -2.33. The first kappa shape index (κ1) is 18.1. The summed E-state index contributed by atoms with van der Waals surface area (Å²) in [5.41, 5.74) is 0.706. The molecule has 0 unspecified atom stereocenters. The van der Waals surface area contributed by atoms with Crippen molar-refractivity contribution in [2.75, 3.05) is 35.7 Å². The minimum atomic E-state index is -0.433. The number of anilines is 2. The van der Waals surface area contributed by atoms with E-state index in [1.807, 2.05) is 13.0 Å². The van der Waals surface area contributed by atoms with Crippen molar-refractivity contribution in [1.29, 1.82) is 0 Å². The summed E-state index contributed by atoms with van der Waals surface area (Å²) in [4.78, 5) is 26.6. The predicted molar refractivity (Wildman–Crippen MR) is 103 cm³/mol. The van der Waals surface area contributed by atoms with E-state index in [0.29, 0.717) is 42.1 Å². The molecule has 0 aliphatic carbocycles. The number of hydrogen-bond donors (Lipinski definition) is 1. The fraction of sp³-hybridized carbons (Fsp3) is 0.412. The number of nitrogens with one attached hydrogen (secondary N) is 1. The van der Waals surface area contributed by atoms with Crippen LogP contribution in [0.25, 0.3) is 0 Å². The summed E-state index contributed by atoms with van der Waals surface area (Å²) in [7, 11) is 0. The lowest BCUT2D eigenvalue weighted by atomic mass is 10.1. The maximum absolute atomic E-state index is 12.5. The molecule has 1 aromatic heterocycles. The molecule has 2 aliphatic heterocycles. The second-order valence-corrected chi connectivity index (χ2v) is 8.52. The highest BCUT2D eigenvalue weighted by Crippen LogP contribution is 2.36. The number of nitrogens with zero attached hydrogens (tertiary/aromatic N) is 3. The monoisotopic (exact) mass is 406 g/mol. The lowest BCUT2D eigenvalue weighted by Crippen LogP contribution is -2.28. The first-order valence-corrected chi connectivity index (χ1v) is 10.4. The molecule has 0 saturated carbocycles. The van der Waals surface area contributed by atoms with E-state index in [1.54, 1.807) is 28.8 Å². The van der Waals surface area contributed by atoms with E-state index in [4.69, 9.17) is 9.47 Å². The maximum atomic E-state index is 12.5. The average Bonchev–Trinajstić information content (AvgIpc) is 3.28. The Morgan fingerprint density at radius 3 is 2.96 bits per heavy atom. The first-order chi connectivity index (χ1) is 13.1. The van der Waals surface area contributed by atoms with Gasteiger partial charge in [0.25, 0.3) is 0 Å². The van der Waals surface area contributed by atoms with Crippen LogP contribution >= 0.6 is 23.1 Å². The van der Waals surface area contributed by atoms with Crippen molar-refractivity contribution < 1.29 is 19.1 Å². The third-order valence-electron chi connectivity index (χ3n) is 4.24. The van der Waals surface area contributed by atoms with Gasteiger partial charge in [0.05, 0.1) is 5.92 Å². The van der Waals surface area contributed by atoms with Crippen LogP contribution in [-0.2, 0) is 9.59 Å². The van der Waals surface area contributed by atoms with E-state index >= 15 is 0 Å². The van der Waals surface area contributed by atoms with Crippen molar-refractivity contribution >= 4 is 45.7 Å². The minimum absolute atomic E-state index is 0.0914. The summed E-state index contributed by atoms with van der Waals surface area (Å²) in [6.07, 6.45) is 0.162. The van der Waals surface area contributed by atoms with E-state index in [2.05, 4.69) is 15.5 Å². The molecule has 4 rings (SSSR count). The van der Waals surface area contributed by atoms with Crippen LogP contribution in [0.5, 0.6) is 11.5 Å². The van der Waals surface area contributed by atoms with Crippen LogP contribution < -0.4 is 19.7 Å². The van der Waals surface area contributed by atoms with E-state index < -0.39 is 5.92 Å². The van der Waals surface area contributed by atoms with Crippen molar-refractivity contribution in [3.63, 3.8) is 0 Å². The van der Waals surface area contributed by atoms with Gasteiger partial charge in [0.15, 0.2) is 15.8 Å². The number of hydrogen-bond acceptors (Lipinski definition) is 8. The Morgan fingerprint density at radius 1 is 1.33 bits per heavy atom. The van der Waals surface area contributed by atoms with Gasteiger partial charge >= 0.3 is 0 Å². The molecule has 0 spiro atoms. The number of aromatic nitrogens is 2. The highest BCUT2D eigenvalue weighted by molar-refractivity contribution is 8.01. The van der Waals surface area contributed by atoms with E-state index in [-0.39, 0.29) is 18.2 Å². The molecule has 8 nitrogen and oxygen atoms in total. The molecule has 2 aliphatic rings. The van der Waals surface area contributed by atoms with Crippen molar-refractivity contribution in [1.82, 2.24) is 10.2 Å². The van der Waals surface area contributed by atoms with Gasteiger partial charge in [-0.1, -0.05) is 30.0 Å². The predicted octanol–water partition coefficient (Wildman–Crippen LogP) is 2.41. The smallest absolute Gasteiger partial charge is 0.231 e. The molecule has 2 amide bonds. The Balaban J connectivity index is 1.43. The summed E-state index contributed by atoms with van der Waals surface area (Å²) in [6, 6.07) is 5.38. The Kier molecular flexibility index (Phi) is 5.17. The summed E-state index contributed by atoms with van der Waals surface area (Å²) < 4.78 is 11.9. The van der Waals surface area contributed by atoms with Crippen molar-refractivity contribution in [3.8, 4) is 11.5 Å². The largest absolute Gasteiger partial charge is 0.486 e. The second kappa shape index (κ2) is 7.73. The van der Waals surface area contributed by atoms with Crippen molar-refractivity contribution in [3.05, 3.63) is 18.2 Å².